The largest absolute Gasteiger partial charge is 0.420 e. The maximum absolute atomic E-state index is 11.6. The van der Waals surface area contributed by atoms with Crippen molar-refractivity contribution in [3.63, 3.8) is 0 Å². The number of fused-ring (bicyclic) bond motifs is 2. The van der Waals surface area contributed by atoms with Crippen molar-refractivity contribution < 1.29 is 4.42 Å². The van der Waals surface area contributed by atoms with Crippen LogP contribution in [0, 0.1) is 0 Å². The normalized spacial score (nSPS) is 11.4. The summed E-state index contributed by atoms with van der Waals surface area (Å²) in [7, 11) is 0. The van der Waals surface area contributed by atoms with Gasteiger partial charge in [0.05, 0.1) is 5.69 Å². The first kappa shape index (κ1) is 19.5. The van der Waals surface area contributed by atoms with E-state index < -0.39 is 5.63 Å². The number of halogens is 1. The minimum atomic E-state index is -0.412. The Morgan fingerprint density at radius 3 is 2.50 bits per heavy atom. The van der Waals surface area contributed by atoms with Crippen molar-refractivity contribution in [2.75, 3.05) is 11.4 Å². The fourth-order valence-corrected chi connectivity index (χ4v) is 3.25. The summed E-state index contributed by atoms with van der Waals surface area (Å²) < 4.78 is 5.35. The highest BCUT2D eigenvalue weighted by Crippen LogP contribution is 2.28. The molecule has 4 rings (SSSR count). The van der Waals surface area contributed by atoms with Crippen molar-refractivity contribution in [3.8, 4) is 0 Å². The highest BCUT2D eigenvalue weighted by molar-refractivity contribution is 6.05. The van der Waals surface area contributed by atoms with Crippen LogP contribution in [0.4, 0.5) is 11.4 Å². The van der Waals surface area contributed by atoms with Crippen molar-refractivity contribution in [2.24, 2.45) is 10.7 Å². The number of nitrogens with two attached hydrogens (primary N) is 1. The molecule has 1 heterocycles. The third-order valence-electron chi connectivity index (χ3n) is 4.51. The fourth-order valence-electron chi connectivity index (χ4n) is 3.25. The molecule has 0 spiro atoms. The van der Waals surface area contributed by atoms with E-state index in [-0.39, 0.29) is 12.4 Å². The van der Waals surface area contributed by atoms with Crippen LogP contribution in [0.1, 0.15) is 6.92 Å². The van der Waals surface area contributed by atoms with Crippen LogP contribution in [0.15, 0.2) is 87.0 Å². The van der Waals surface area contributed by atoms with Gasteiger partial charge in [0.1, 0.15) is 5.69 Å². The molecule has 0 amide bonds. The highest BCUT2D eigenvalue weighted by Gasteiger charge is 2.13. The molecule has 0 atom stereocenters. The molecule has 6 heteroatoms. The van der Waals surface area contributed by atoms with Crippen LogP contribution < -0.4 is 16.3 Å². The standard InChI is InChI=1S/C22H19N3O2.ClH/c1-2-25(19-12-6-8-15-7-3-4-10-17(15)19)22(23)24-18-11-5-9-16-13-14-20(26)27-21(16)18;/h3-14H,2H2,1H3,(H2,23,24);1H. The van der Waals surface area contributed by atoms with Crippen molar-refractivity contribution in [3.05, 3.63) is 83.2 Å². The van der Waals surface area contributed by atoms with Gasteiger partial charge in [0.2, 0.25) is 5.96 Å². The quantitative estimate of drug-likeness (QED) is 0.307. The van der Waals surface area contributed by atoms with E-state index in [1.165, 1.54) is 6.07 Å². The van der Waals surface area contributed by atoms with E-state index in [1.54, 1.807) is 12.1 Å². The second-order valence-corrected chi connectivity index (χ2v) is 6.16. The van der Waals surface area contributed by atoms with Gasteiger partial charge in [0.25, 0.3) is 0 Å². The van der Waals surface area contributed by atoms with Crippen LogP contribution >= 0.6 is 12.4 Å². The molecule has 0 bridgehead atoms. The molecule has 0 radical (unpaired) electrons. The van der Waals surface area contributed by atoms with E-state index in [2.05, 4.69) is 23.2 Å². The second kappa shape index (κ2) is 8.15. The molecular formula is C22H20ClN3O2. The number of benzene rings is 3. The van der Waals surface area contributed by atoms with Gasteiger partial charge in [-0.15, -0.1) is 12.4 Å². The summed E-state index contributed by atoms with van der Waals surface area (Å²) in [5, 5.41) is 3.04. The molecule has 5 nitrogen and oxygen atoms in total. The van der Waals surface area contributed by atoms with Gasteiger partial charge in [-0.3, -0.25) is 0 Å². The van der Waals surface area contributed by atoms with Crippen LogP contribution in [0.3, 0.4) is 0 Å². The summed E-state index contributed by atoms with van der Waals surface area (Å²) in [5.74, 6) is 0.341. The van der Waals surface area contributed by atoms with Gasteiger partial charge in [-0.05, 0) is 30.5 Å². The lowest BCUT2D eigenvalue weighted by molar-refractivity contribution is 0.561. The molecule has 0 aliphatic heterocycles. The third kappa shape index (κ3) is 3.57. The lowest BCUT2D eigenvalue weighted by Crippen LogP contribution is -2.37. The summed E-state index contributed by atoms with van der Waals surface area (Å²) in [6, 6.07) is 22.9. The van der Waals surface area contributed by atoms with Crippen molar-refractivity contribution in [2.45, 2.75) is 6.92 Å². The van der Waals surface area contributed by atoms with Crippen molar-refractivity contribution in [1.82, 2.24) is 0 Å². The lowest BCUT2D eigenvalue weighted by atomic mass is 10.1. The minimum absolute atomic E-state index is 0. The maximum Gasteiger partial charge on any atom is 0.336 e. The number of para-hydroxylation sites is 1. The van der Waals surface area contributed by atoms with E-state index in [9.17, 15) is 4.79 Å². The summed E-state index contributed by atoms with van der Waals surface area (Å²) >= 11 is 0. The van der Waals surface area contributed by atoms with Gasteiger partial charge in [-0.25, -0.2) is 9.79 Å². The minimum Gasteiger partial charge on any atom is -0.420 e. The molecule has 0 aliphatic rings. The number of nitrogens with zero attached hydrogens (tertiary/aromatic N) is 2. The van der Waals surface area contributed by atoms with Gasteiger partial charge in [-0.1, -0.05) is 48.5 Å². The van der Waals surface area contributed by atoms with Gasteiger partial charge >= 0.3 is 5.63 Å². The number of aliphatic imine (C=N–C) groups is 1. The second-order valence-electron chi connectivity index (χ2n) is 6.16. The first-order chi connectivity index (χ1) is 13.2. The van der Waals surface area contributed by atoms with Crippen LogP contribution in [0.25, 0.3) is 21.7 Å². The van der Waals surface area contributed by atoms with E-state index in [0.29, 0.717) is 23.8 Å². The molecular weight excluding hydrogens is 374 g/mol. The van der Waals surface area contributed by atoms with Gasteiger partial charge in [0.15, 0.2) is 5.58 Å². The SMILES string of the molecule is CCN(C(N)=Nc1cccc2ccc(=O)oc12)c1cccc2ccccc12.Cl. The Kier molecular flexibility index (Phi) is 5.66. The van der Waals surface area contributed by atoms with E-state index in [1.807, 2.05) is 48.2 Å². The molecule has 0 unspecified atom stereocenters. The van der Waals surface area contributed by atoms with Crippen LogP contribution in [-0.4, -0.2) is 12.5 Å². The topological polar surface area (TPSA) is 71.8 Å². The molecule has 3 aromatic carbocycles. The Morgan fingerprint density at radius 1 is 0.964 bits per heavy atom. The van der Waals surface area contributed by atoms with E-state index in [4.69, 9.17) is 10.2 Å². The number of anilines is 1. The predicted octanol–water partition coefficient (Wildman–Crippen LogP) is 4.84. The third-order valence-corrected chi connectivity index (χ3v) is 4.51. The van der Waals surface area contributed by atoms with E-state index in [0.717, 1.165) is 21.8 Å². The first-order valence-corrected chi connectivity index (χ1v) is 8.79. The predicted molar refractivity (Wildman–Crippen MR) is 118 cm³/mol. The van der Waals surface area contributed by atoms with Crippen LogP contribution in [-0.2, 0) is 0 Å². The Bertz CT molecular complexity index is 1210. The van der Waals surface area contributed by atoms with Crippen molar-refractivity contribution in [1.29, 1.82) is 0 Å². The number of hydrogen-bond acceptors (Lipinski definition) is 3. The summed E-state index contributed by atoms with van der Waals surface area (Å²) in [6.07, 6.45) is 0. The van der Waals surface area contributed by atoms with Crippen LogP contribution in [0.2, 0.25) is 0 Å². The number of rotatable bonds is 3. The molecule has 0 fully saturated rings. The average Bonchev–Trinajstić information content (AvgIpc) is 2.69. The smallest absolute Gasteiger partial charge is 0.336 e. The van der Waals surface area contributed by atoms with Gasteiger partial charge < -0.3 is 15.1 Å². The lowest BCUT2D eigenvalue weighted by Gasteiger charge is -2.23. The Hall–Kier alpha value is -3.31. The highest BCUT2D eigenvalue weighted by atomic mass is 35.5. The first-order valence-electron chi connectivity index (χ1n) is 8.79. The summed E-state index contributed by atoms with van der Waals surface area (Å²) in [6.45, 7) is 2.67. The molecule has 1 aromatic heterocycles. The molecule has 142 valence electrons. The molecule has 2 N–H and O–H groups in total. The number of hydrogen-bond donors (Lipinski definition) is 1. The van der Waals surface area contributed by atoms with Crippen LogP contribution in [0.5, 0.6) is 0 Å². The maximum atomic E-state index is 11.6. The molecule has 0 saturated heterocycles. The summed E-state index contributed by atoms with van der Waals surface area (Å²) in [5.41, 5.74) is 7.90. The Labute approximate surface area is 168 Å². The zero-order valence-corrected chi connectivity index (χ0v) is 16.1. The zero-order valence-electron chi connectivity index (χ0n) is 15.3. The molecule has 0 aliphatic carbocycles. The monoisotopic (exact) mass is 393 g/mol. The Morgan fingerprint density at radius 2 is 1.68 bits per heavy atom. The van der Waals surface area contributed by atoms with Gasteiger partial charge in [0, 0.05) is 23.4 Å². The molecule has 0 saturated carbocycles. The number of guanidine groups is 1. The molecule has 4 aromatic rings. The van der Waals surface area contributed by atoms with Gasteiger partial charge in [-0.2, -0.15) is 0 Å². The Balaban J connectivity index is 0.00000225. The summed E-state index contributed by atoms with van der Waals surface area (Å²) in [4.78, 5) is 18.1. The fraction of sp³-hybridized carbons (Fsp3) is 0.0909. The van der Waals surface area contributed by atoms with Crippen molar-refractivity contribution >= 4 is 51.5 Å². The average molecular weight is 394 g/mol. The van der Waals surface area contributed by atoms with E-state index >= 15 is 0 Å². The molecule has 28 heavy (non-hydrogen) atoms. The zero-order chi connectivity index (χ0) is 18.8.